The zero-order chi connectivity index (χ0) is 11.5. The third-order valence-electron chi connectivity index (χ3n) is 2.25. The highest BCUT2D eigenvalue weighted by Crippen LogP contribution is 2.37. The van der Waals surface area contributed by atoms with Crippen LogP contribution in [0.1, 0.15) is 49.1 Å². The summed E-state index contributed by atoms with van der Waals surface area (Å²) in [5.41, 5.74) is 2.32. The van der Waals surface area contributed by atoms with E-state index in [4.69, 9.17) is 4.84 Å². The Morgan fingerprint density at radius 2 is 2.38 bits per heavy atom. The largest absolute Gasteiger partial charge is 0.314 e. The van der Waals surface area contributed by atoms with Crippen LogP contribution in [0.5, 0.6) is 0 Å². The molecule has 2 rings (SSSR count). The van der Waals surface area contributed by atoms with Crippen molar-refractivity contribution in [1.29, 1.82) is 0 Å². The molecule has 6 nitrogen and oxygen atoms in total. The second-order valence-corrected chi connectivity index (χ2v) is 4.45. The van der Waals surface area contributed by atoms with E-state index in [1.54, 1.807) is 0 Å². The summed E-state index contributed by atoms with van der Waals surface area (Å²) in [6.07, 6.45) is 2.25. The van der Waals surface area contributed by atoms with Gasteiger partial charge in [-0.15, -0.1) is 5.10 Å². The standard InChI is InChI=1S/C10H16N4O2/c1-6(2)5-16-14-10(15)9-11-8(12-13-9)7-3-4-7/h6-7H,3-5H2,1-2H3,(H,14,15)(H,11,12,13). The van der Waals surface area contributed by atoms with E-state index < -0.39 is 5.91 Å². The number of nitrogens with zero attached hydrogens (tertiary/aromatic N) is 2. The van der Waals surface area contributed by atoms with Crippen molar-refractivity contribution in [3.8, 4) is 0 Å². The Morgan fingerprint density at radius 1 is 1.62 bits per heavy atom. The molecule has 1 amide bonds. The maximum atomic E-state index is 11.5. The Hall–Kier alpha value is -1.43. The number of hydroxylamine groups is 1. The van der Waals surface area contributed by atoms with Crippen LogP contribution in [0.3, 0.4) is 0 Å². The molecule has 16 heavy (non-hydrogen) atoms. The first-order valence-electron chi connectivity index (χ1n) is 5.51. The lowest BCUT2D eigenvalue weighted by molar-refractivity contribution is 0.0201. The zero-order valence-corrected chi connectivity index (χ0v) is 9.49. The summed E-state index contributed by atoms with van der Waals surface area (Å²) in [6, 6.07) is 0. The fourth-order valence-corrected chi connectivity index (χ4v) is 1.23. The molecule has 0 saturated heterocycles. The van der Waals surface area contributed by atoms with Crippen LogP contribution in [0.2, 0.25) is 0 Å². The van der Waals surface area contributed by atoms with Gasteiger partial charge in [0.25, 0.3) is 0 Å². The lowest BCUT2D eigenvalue weighted by Gasteiger charge is -2.05. The number of aromatic nitrogens is 3. The van der Waals surface area contributed by atoms with Gasteiger partial charge in [0.05, 0.1) is 6.61 Å². The van der Waals surface area contributed by atoms with Crippen molar-refractivity contribution in [2.45, 2.75) is 32.6 Å². The maximum Gasteiger partial charge on any atom is 0.314 e. The third kappa shape index (κ3) is 2.79. The van der Waals surface area contributed by atoms with Gasteiger partial charge in [-0.2, -0.15) is 0 Å². The van der Waals surface area contributed by atoms with E-state index in [1.165, 1.54) is 0 Å². The predicted octanol–water partition coefficient (Wildman–Crippen LogP) is 0.999. The van der Waals surface area contributed by atoms with Gasteiger partial charge in [-0.25, -0.2) is 10.5 Å². The molecule has 2 N–H and O–H groups in total. The summed E-state index contributed by atoms with van der Waals surface area (Å²) in [5.74, 6) is 1.38. The van der Waals surface area contributed by atoms with Crippen molar-refractivity contribution in [3.63, 3.8) is 0 Å². The van der Waals surface area contributed by atoms with E-state index in [1.807, 2.05) is 13.8 Å². The molecule has 1 aromatic heterocycles. The molecule has 0 radical (unpaired) electrons. The van der Waals surface area contributed by atoms with Gasteiger partial charge in [-0.1, -0.05) is 13.8 Å². The molecule has 0 bridgehead atoms. The number of carbonyl (C=O) groups excluding carboxylic acids is 1. The van der Waals surface area contributed by atoms with Gasteiger partial charge in [-0.05, 0) is 18.8 Å². The fraction of sp³-hybridized carbons (Fsp3) is 0.700. The first kappa shape index (κ1) is 11.1. The third-order valence-corrected chi connectivity index (χ3v) is 2.25. The molecule has 1 aromatic rings. The van der Waals surface area contributed by atoms with Crippen molar-refractivity contribution in [1.82, 2.24) is 20.7 Å². The van der Waals surface area contributed by atoms with E-state index in [0.717, 1.165) is 18.7 Å². The molecule has 1 saturated carbocycles. The molecule has 6 heteroatoms. The van der Waals surface area contributed by atoms with Gasteiger partial charge < -0.3 is 0 Å². The molecule has 1 aliphatic carbocycles. The second-order valence-electron chi connectivity index (χ2n) is 4.45. The fourth-order valence-electron chi connectivity index (χ4n) is 1.23. The van der Waals surface area contributed by atoms with Gasteiger partial charge in [-0.3, -0.25) is 14.7 Å². The number of hydrogen-bond donors (Lipinski definition) is 2. The van der Waals surface area contributed by atoms with Gasteiger partial charge in [0.1, 0.15) is 5.82 Å². The summed E-state index contributed by atoms with van der Waals surface area (Å²) in [4.78, 5) is 20.6. The summed E-state index contributed by atoms with van der Waals surface area (Å²) < 4.78 is 0. The number of amides is 1. The molecule has 1 aliphatic rings. The number of hydrogen-bond acceptors (Lipinski definition) is 4. The summed E-state index contributed by atoms with van der Waals surface area (Å²) in [7, 11) is 0. The number of aromatic amines is 1. The lowest BCUT2D eigenvalue weighted by atomic mass is 10.2. The van der Waals surface area contributed by atoms with E-state index in [2.05, 4.69) is 20.7 Å². The molecule has 1 heterocycles. The van der Waals surface area contributed by atoms with Crippen LogP contribution in [0.25, 0.3) is 0 Å². The Morgan fingerprint density at radius 3 is 3.00 bits per heavy atom. The smallest absolute Gasteiger partial charge is 0.273 e. The first-order chi connectivity index (χ1) is 7.66. The topological polar surface area (TPSA) is 79.9 Å². The highest BCUT2D eigenvalue weighted by Gasteiger charge is 2.28. The highest BCUT2D eigenvalue weighted by molar-refractivity contribution is 5.89. The van der Waals surface area contributed by atoms with Gasteiger partial charge >= 0.3 is 5.91 Å². The first-order valence-corrected chi connectivity index (χ1v) is 5.51. The SMILES string of the molecule is CC(C)CONC(=O)c1n[nH]c(C2CC2)n1. The number of rotatable bonds is 5. The van der Waals surface area contributed by atoms with Gasteiger partial charge in [0.2, 0.25) is 5.82 Å². The predicted molar refractivity (Wildman–Crippen MR) is 56.6 cm³/mol. The van der Waals surface area contributed by atoms with Crippen molar-refractivity contribution >= 4 is 5.91 Å². The van der Waals surface area contributed by atoms with Crippen LogP contribution >= 0.6 is 0 Å². The minimum Gasteiger partial charge on any atom is -0.273 e. The average molecular weight is 224 g/mol. The summed E-state index contributed by atoms with van der Waals surface area (Å²) in [6.45, 7) is 4.49. The van der Waals surface area contributed by atoms with Crippen LogP contribution in [0, 0.1) is 5.92 Å². The Kier molecular flexibility index (Phi) is 3.19. The average Bonchev–Trinajstić information content (AvgIpc) is 2.96. The normalized spacial score (nSPS) is 15.4. The summed E-state index contributed by atoms with van der Waals surface area (Å²) in [5, 5.41) is 6.62. The minimum atomic E-state index is -0.399. The number of carbonyl (C=O) groups is 1. The number of nitrogens with one attached hydrogen (secondary N) is 2. The van der Waals surface area contributed by atoms with Crippen molar-refractivity contribution in [3.05, 3.63) is 11.6 Å². The van der Waals surface area contributed by atoms with Crippen LogP contribution < -0.4 is 5.48 Å². The molecular formula is C10H16N4O2. The zero-order valence-electron chi connectivity index (χ0n) is 9.49. The molecule has 0 aliphatic heterocycles. The quantitative estimate of drug-likeness (QED) is 0.731. The number of H-pyrrole nitrogens is 1. The van der Waals surface area contributed by atoms with E-state index in [9.17, 15) is 4.79 Å². The Balaban J connectivity index is 1.83. The van der Waals surface area contributed by atoms with Crippen molar-refractivity contribution < 1.29 is 9.63 Å². The molecule has 0 aromatic carbocycles. The Bertz CT molecular complexity index is 371. The lowest BCUT2D eigenvalue weighted by Crippen LogP contribution is -2.26. The highest BCUT2D eigenvalue weighted by atomic mass is 16.7. The minimum absolute atomic E-state index is 0.144. The Labute approximate surface area is 93.7 Å². The molecular weight excluding hydrogens is 208 g/mol. The molecule has 0 atom stereocenters. The van der Waals surface area contributed by atoms with E-state index in [-0.39, 0.29) is 5.82 Å². The van der Waals surface area contributed by atoms with Crippen LogP contribution in [-0.2, 0) is 4.84 Å². The maximum absolute atomic E-state index is 11.5. The second kappa shape index (κ2) is 4.61. The molecule has 1 fully saturated rings. The molecule has 0 unspecified atom stereocenters. The van der Waals surface area contributed by atoms with Crippen molar-refractivity contribution in [2.24, 2.45) is 5.92 Å². The van der Waals surface area contributed by atoms with Gasteiger partial charge in [0, 0.05) is 5.92 Å². The monoisotopic (exact) mass is 224 g/mol. The van der Waals surface area contributed by atoms with Crippen LogP contribution in [-0.4, -0.2) is 27.7 Å². The van der Waals surface area contributed by atoms with Crippen molar-refractivity contribution in [2.75, 3.05) is 6.61 Å². The van der Waals surface area contributed by atoms with E-state index >= 15 is 0 Å². The molecule has 0 spiro atoms. The van der Waals surface area contributed by atoms with Crippen LogP contribution in [0.4, 0.5) is 0 Å². The van der Waals surface area contributed by atoms with E-state index in [0.29, 0.717) is 18.4 Å². The van der Waals surface area contributed by atoms with Gasteiger partial charge in [0.15, 0.2) is 0 Å². The summed E-state index contributed by atoms with van der Waals surface area (Å²) >= 11 is 0. The van der Waals surface area contributed by atoms with Crippen LogP contribution in [0.15, 0.2) is 0 Å². The molecule has 88 valence electrons.